The van der Waals surface area contributed by atoms with E-state index in [4.69, 9.17) is 15.0 Å². The topological polar surface area (TPSA) is 133 Å². The maximum Gasteiger partial charge on any atom is 0.307 e. The lowest BCUT2D eigenvalue weighted by Gasteiger charge is -2.27. The van der Waals surface area contributed by atoms with Gasteiger partial charge in [0, 0.05) is 18.9 Å². The molecule has 21 heavy (non-hydrogen) atoms. The quantitative estimate of drug-likeness (QED) is 0.467. The molecule has 0 saturated carbocycles. The van der Waals surface area contributed by atoms with Crippen molar-refractivity contribution in [3.63, 3.8) is 0 Å². The smallest absolute Gasteiger partial charge is 0.307 e. The second-order valence-corrected chi connectivity index (χ2v) is 4.91. The summed E-state index contributed by atoms with van der Waals surface area (Å²) in [5, 5.41) is 28.4. The first-order chi connectivity index (χ1) is 9.58. The number of amides is 1. The Morgan fingerprint density at radius 3 is 2.14 bits per heavy atom. The van der Waals surface area contributed by atoms with E-state index in [2.05, 4.69) is 10.1 Å². The lowest BCUT2D eigenvalue weighted by atomic mass is 9.87. The third kappa shape index (κ3) is 11.8. The zero-order chi connectivity index (χ0) is 17.1. The van der Waals surface area contributed by atoms with Crippen LogP contribution in [0, 0.1) is 5.41 Å². The Balaban J connectivity index is 0. The molecule has 0 radical (unpaired) electrons. The number of hydrogen-bond donors (Lipinski definition) is 4. The Morgan fingerprint density at radius 1 is 1.29 bits per heavy atom. The van der Waals surface area contributed by atoms with Crippen molar-refractivity contribution in [1.82, 2.24) is 5.32 Å². The van der Waals surface area contributed by atoms with Crippen molar-refractivity contribution in [2.24, 2.45) is 5.41 Å². The highest BCUT2D eigenvalue weighted by molar-refractivity contribution is 5.81. The van der Waals surface area contributed by atoms with E-state index in [1.54, 1.807) is 20.8 Å². The molecule has 8 nitrogen and oxygen atoms in total. The molecule has 1 atom stereocenters. The zero-order valence-corrected chi connectivity index (χ0v) is 12.9. The number of rotatable bonds is 7. The molecule has 0 saturated heterocycles. The van der Waals surface area contributed by atoms with Gasteiger partial charge in [0.25, 0.3) is 5.97 Å². The monoisotopic (exact) mass is 307 g/mol. The van der Waals surface area contributed by atoms with Crippen LogP contribution in [0.5, 0.6) is 0 Å². The van der Waals surface area contributed by atoms with Crippen LogP contribution in [-0.4, -0.2) is 59.0 Å². The Hall–Kier alpha value is -1.67. The first-order valence-corrected chi connectivity index (χ1v) is 6.50. The Morgan fingerprint density at radius 2 is 1.76 bits per heavy atom. The number of aliphatic carboxylic acids is 1. The summed E-state index contributed by atoms with van der Waals surface area (Å²) in [4.78, 5) is 31.4. The summed E-state index contributed by atoms with van der Waals surface area (Å²) in [5.41, 5.74) is -0.909. The first-order valence-electron chi connectivity index (χ1n) is 6.50. The number of hydrogen-bond acceptors (Lipinski definition) is 6. The molecule has 0 aliphatic carbocycles. The average Bonchev–Trinajstić information content (AvgIpc) is 2.37. The molecule has 0 aliphatic heterocycles. The Labute approximate surface area is 124 Å². The zero-order valence-electron chi connectivity index (χ0n) is 12.9. The van der Waals surface area contributed by atoms with Gasteiger partial charge in [-0.15, -0.1) is 0 Å². The van der Waals surface area contributed by atoms with Crippen LogP contribution in [0.4, 0.5) is 0 Å². The summed E-state index contributed by atoms with van der Waals surface area (Å²) < 4.78 is 4.68. The molecule has 0 heterocycles. The van der Waals surface area contributed by atoms with Crippen LogP contribution in [0.25, 0.3) is 0 Å². The lowest BCUT2D eigenvalue weighted by Crippen LogP contribution is -2.46. The van der Waals surface area contributed by atoms with Gasteiger partial charge in [-0.05, 0) is 6.92 Å². The minimum Gasteiger partial charge on any atom is -0.481 e. The van der Waals surface area contributed by atoms with Crippen molar-refractivity contribution in [2.45, 2.75) is 40.2 Å². The van der Waals surface area contributed by atoms with Gasteiger partial charge in [0.05, 0.1) is 19.6 Å². The van der Waals surface area contributed by atoms with E-state index in [9.17, 15) is 14.7 Å². The number of aliphatic hydroxyl groups is 2. The fourth-order valence-electron chi connectivity index (χ4n) is 1.06. The summed E-state index contributed by atoms with van der Waals surface area (Å²) >= 11 is 0. The Kier molecular flexibility index (Phi) is 11.4. The van der Waals surface area contributed by atoms with Crippen molar-refractivity contribution in [3.05, 3.63) is 0 Å². The number of nitrogens with one attached hydrogen (secondary N) is 1. The normalized spacial score (nSPS) is 11.7. The van der Waals surface area contributed by atoms with Gasteiger partial charge >= 0.3 is 5.97 Å². The van der Waals surface area contributed by atoms with E-state index < -0.39 is 29.4 Å². The van der Waals surface area contributed by atoms with E-state index in [1.807, 2.05) is 0 Å². The largest absolute Gasteiger partial charge is 0.481 e. The molecule has 0 aliphatic rings. The van der Waals surface area contributed by atoms with Gasteiger partial charge in [0.15, 0.2) is 0 Å². The molecule has 1 amide bonds. The van der Waals surface area contributed by atoms with E-state index in [-0.39, 0.29) is 19.6 Å². The third-order valence-corrected chi connectivity index (χ3v) is 2.33. The van der Waals surface area contributed by atoms with Crippen LogP contribution >= 0.6 is 0 Å². The fraction of sp³-hybridized carbons (Fsp3) is 0.769. The van der Waals surface area contributed by atoms with Gasteiger partial charge in [-0.2, -0.15) is 0 Å². The van der Waals surface area contributed by atoms with Crippen LogP contribution < -0.4 is 5.32 Å². The molecule has 0 aromatic rings. The van der Waals surface area contributed by atoms with E-state index in [1.165, 1.54) is 0 Å². The number of carbonyl (C=O) groups is 3. The molecular formula is C13H25NO7. The molecule has 8 heteroatoms. The standard InChI is InChI=1S/C11H21NO5.C2H4O2/c1-4-17-8(14)5-6-12-10(16)9(15)11(2,3)7-13;1-2(3)4/h9,13,15H,4-7H2,1-3H3,(H,12,16);1H3,(H,3,4)/t9-;/m0./s1. The molecule has 0 aromatic heterocycles. The second kappa shape index (κ2) is 11.0. The average molecular weight is 307 g/mol. The molecule has 0 aromatic carbocycles. The highest BCUT2D eigenvalue weighted by Crippen LogP contribution is 2.19. The first kappa shape index (κ1) is 21.6. The van der Waals surface area contributed by atoms with E-state index in [0.717, 1.165) is 6.92 Å². The van der Waals surface area contributed by atoms with Gasteiger partial charge in [-0.25, -0.2) is 0 Å². The third-order valence-electron chi connectivity index (χ3n) is 2.33. The number of aliphatic hydroxyl groups excluding tert-OH is 2. The SMILES string of the molecule is CC(=O)O.CCOC(=O)CCNC(=O)[C@H](O)C(C)(C)CO. The highest BCUT2D eigenvalue weighted by Gasteiger charge is 2.32. The van der Waals surface area contributed by atoms with Crippen LogP contribution in [0.15, 0.2) is 0 Å². The maximum atomic E-state index is 11.5. The lowest BCUT2D eigenvalue weighted by molar-refractivity contribution is -0.143. The predicted molar refractivity (Wildman–Crippen MR) is 74.4 cm³/mol. The number of ether oxygens (including phenoxy) is 1. The number of carbonyl (C=O) groups excluding carboxylic acids is 2. The van der Waals surface area contributed by atoms with Gasteiger partial charge < -0.3 is 25.4 Å². The summed E-state index contributed by atoms with van der Waals surface area (Å²) in [6.07, 6.45) is -1.25. The molecule has 124 valence electrons. The maximum absolute atomic E-state index is 11.5. The summed E-state index contributed by atoms with van der Waals surface area (Å²) in [5.74, 6) is -1.84. The van der Waals surface area contributed by atoms with Gasteiger partial charge in [0.1, 0.15) is 6.10 Å². The number of carboxylic acids is 1. The molecule has 0 unspecified atom stereocenters. The molecule has 4 N–H and O–H groups in total. The van der Waals surface area contributed by atoms with Crippen molar-refractivity contribution in [2.75, 3.05) is 19.8 Å². The summed E-state index contributed by atoms with van der Waals surface area (Å²) in [6.45, 7) is 6.03. The molecule has 0 bridgehead atoms. The van der Waals surface area contributed by atoms with E-state index >= 15 is 0 Å². The summed E-state index contributed by atoms with van der Waals surface area (Å²) in [7, 11) is 0. The second-order valence-electron chi connectivity index (χ2n) is 4.91. The molecule has 0 spiro atoms. The molecule has 0 rings (SSSR count). The minimum absolute atomic E-state index is 0.0614. The van der Waals surface area contributed by atoms with Crippen molar-refractivity contribution >= 4 is 17.8 Å². The van der Waals surface area contributed by atoms with Crippen LogP contribution in [0.2, 0.25) is 0 Å². The van der Waals surface area contributed by atoms with Crippen LogP contribution in [-0.2, 0) is 19.1 Å². The summed E-state index contributed by atoms with van der Waals surface area (Å²) in [6, 6.07) is 0. The van der Waals surface area contributed by atoms with Gasteiger partial charge in [-0.3, -0.25) is 14.4 Å². The predicted octanol–water partition coefficient (Wildman–Crippen LogP) is -0.474. The van der Waals surface area contributed by atoms with Crippen molar-refractivity contribution < 1.29 is 34.4 Å². The molecule has 0 fully saturated rings. The van der Waals surface area contributed by atoms with Crippen molar-refractivity contribution in [1.29, 1.82) is 0 Å². The molecular weight excluding hydrogens is 282 g/mol. The highest BCUT2D eigenvalue weighted by atomic mass is 16.5. The van der Waals surface area contributed by atoms with Gasteiger partial charge in [0.2, 0.25) is 5.91 Å². The minimum atomic E-state index is -1.31. The number of esters is 1. The van der Waals surface area contributed by atoms with Crippen LogP contribution in [0.1, 0.15) is 34.1 Å². The number of carboxylic acid groups (broad SMARTS) is 1. The Bertz CT molecular complexity index is 337. The fourth-order valence-corrected chi connectivity index (χ4v) is 1.06. The van der Waals surface area contributed by atoms with Gasteiger partial charge in [-0.1, -0.05) is 13.8 Å². The van der Waals surface area contributed by atoms with Crippen LogP contribution in [0.3, 0.4) is 0 Å². The van der Waals surface area contributed by atoms with E-state index in [0.29, 0.717) is 6.61 Å². The van der Waals surface area contributed by atoms with Crippen molar-refractivity contribution in [3.8, 4) is 0 Å².